The lowest BCUT2D eigenvalue weighted by molar-refractivity contribution is 0.158. The lowest BCUT2D eigenvalue weighted by Crippen LogP contribution is -2.45. The first-order chi connectivity index (χ1) is 8.34. The van der Waals surface area contributed by atoms with Crippen molar-refractivity contribution in [1.82, 2.24) is 9.21 Å². The number of rotatable bonds is 6. The minimum atomic E-state index is -3.02. The van der Waals surface area contributed by atoms with E-state index in [0.29, 0.717) is 25.0 Å². The number of halogens is 1. The summed E-state index contributed by atoms with van der Waals surface area (Å²) in [7, 11) is -3.02. The molecule has 0 bridgehead atoms. The highest BCUT2D eigenvalue weighted by Crippen LogP contribution is 2.20. The highest BCUT2D eigenvalue weighted by Gasteiger charge is 2.27. The van der Waals surface area contributed by atoms with E-state index in [0.717, 1.165) is 31.3 Å². The van der Waals surface area contributed by atoms with Crippen LogP contribution in [0.15, 0.2) is 0 Å². The van der Waals surface area contributed by atoms with Crippen LogP contribution in [0.3, 0.4) is 0 Å². The van der Waals surface area contributed by atoms with Crippen molar-refractivity contribution in [3.63, 3.8) is 0 Å². The molecule has 0 aliphatic carbocycles. The Morgan fingerprint density at radius 2 is 2.11 bits per heavy atom. The number of hydrogen-bond acceptors (Lipinski definition) is 3. The van der Waals surface area contributed by atoms with Crippen molar-refractivity contribution >= 4 is 26.0 Å². The Morgan fingerprint density at radius 1 is 1.44 bits per heavy atom. The SMILES string of the molecule is CC(C)N(CCBr)CC1CCCN(S(C)(=O)=O)C1. The first-order valence-electron chi connectivity index (χ1n) is 6.59. The molecular weight excluding hydrogens is 316 g/mol. The van der Waals surface area contributed by atoms with Gasteiger partial charge >= 0.3 is 0 Å². The van der Waals surface area contributed by atoms with Gasteiger partial charge in [-0.2, -0.15) is 0 Å². The average Bonchev–Trinajstić information content (AvgIpc) is 2.27. The number of hydrogen-bond donors (Lipinski definition) is 0. The van der Waals surface area contributed by atoms with Crippen LogP contribution in [0.4, 0.5) is 0 Å². The molecule has 0 aromatic rings. The van der Waals surface area contributed by atoms with E-state index in [1.807, 2.05) is 0 Å². The first kappa shape index (κ1) is 16.4. The smallest absolute Gasteiger partial charge is 0.211 e. The summed E-state index contributed by atoms with van der Waals surface area (Å²) in [5.74, 6) is 0.468. The molecule has 1 fully saturated rings. The molecule has 1 atom stereocenters. The minimum absolute atomic E-state index is 0.468. The second-order valence-electron chi connectivity index (χ2n) is 5.41. The molecule has 1 saturated heterocycles. The van der Waals surface area contributed by atoms with E-state index >= 15 is 0 Å². The van der Waals surface area contributed by atoms with Crippen molar-refractivity contribution in [2.24, 2.45) is 5.92 Å². The van der Waals surface area contributed by atoms with Crippen molar-refractivity contribution in [3.8, 4) is 0 Å². The van der Waals surface area contributed by atoms with Crippen LogP contribution in [0.5, 0.6) is 0 Å². The molecule has 108 valence electrons. The number of sulfonamides is 1. The predicted octanol–water partition coefficient (Wildman–Crippen LogP) is 1.76. The van der Waals surface area contributed by atoms with Crippen molar-refractivity contribution in [2.75, 3.05) is 37.8 Å². The molecule has 1 rings (SSSR count). The fourth-order valence-electron chi connectivity index (χ4n) is 2.48. The third-order valence-corrected chi connectivity index (χ3v) is 5.17. The summed E-state index contributed by atoms with van der Waals surface area (Å²) >= 11 is 3.48. The van der Waals surface area contributed by atoms with Crippen LogP contribution in [0, 0.1) is 5.92 Å². The van der Waals surface area contributed by atoms with E-state index < -0.39 is 10.0 Å². The summed E-state index contributed by atoms with van der Waals surface area (Å²) in [5.41, 5.74) is 0. The van der Waals surface area contributed by atoms with Gasteiger partial charge in [-0.3, -0.25) is 4.90 Å². The molecule has 4 nitrogen and oxygen atoms in total. The monoisotopic (exact) mass is 340 g/mol. The van der Waals surface area contributed by atoms with E-state index in [9.17, 15) is 8.42 Å². The van der Waals surface area contributed by atoms with Crippen molar-refractivity contribution < 1.29 is 8.42 Å². The van der Waals surface area contributed by atoms with Crippen LogP contribution in [-0.4, -0.2) is 61.4 Å². The highest BCUT2D eigenvalue weighted by atomic mass is 79.9. The maximum Gasteiger partial charge on any atom is 0.211 e. The lowest BCUT2D eigenvalue weighted by Gasteiger charge is -2.35. The van der Waals surface area contributed by atoms with E-state index in [2.05, 4.69) is 34.7 Å². The minimum Gasteiger partial charge on any atom is -0.300 e. The van der Waals surface area contributed by atoms with E-state index in [-0.39, 0.29) is 0 Å². The zero-order valence-corrected chi connectivity index (χ0v) is 14.0. The van der Waals surface area contributed by atoms with Crippen LogP contribution in [0.1, 0.15) is 26.7 Å². The molecule has 0 radical (unpaired) electrons. The molecule has 0 spiro atoms. The summed E-state index contributed by atoms with van der Waals surface area (Å²) in [4.78, 5) is 2.42. The van der Waals surface area contributed by atoms with Gasteiger partial charge < -0.3 is 0 Å². The third kappa shape index (κ3) is 5.15. The van der Waals surface area contributed by atoms with Gasteiger partial charge in [0.1, 0.15) is 0 Å². The molecule has 1 aliphatic heterocycles. The number of nitrogens with zero attached hydrogens (tertiary/aromatic N) is 2. The lowest BCUT2D eigenvalue weighted by atomic mass is 9.98. The molecule has 1 heterocycles. The van der Waals surface area contributed by atoms with Crippen LogP contribution in [-0.2, 0) is 10.0 Å². The summed E-state index contributed by atoms with van der Waals surface area (Å²) in [6.45, 7) is 7.78. The largest absolute Gasteiger partial charge is 0.300 e. The van der Waals surface area contributed by atoms with E-state index in [4.69, 9.17) is 0 Å². The molecule has 0 aromatic heterocycles. The Hall–Kier alpha value is 0.350. The van der Waals surface area contributed by atoms with Gasteiger partial charge in [0.05, 0.1) is 6.26 Å². The Morgan fingerprint density at radius 3 is 2.61 bits per heavy atom. The van der Waals surface area contributed by atoms with Crippen LogP contribution < -0.4 is 0 Å². The summed E-state index contributed by atoms with van der Waals surface area (Å²) in [6.07, 6.45) is 3.43. The van der Waals surface area contributed by atoms with Gasteiger partial charge in [-0.1, -0.05) is 15.9 Å². The van der Waals surface area contributed by atoms with Crippen molar-refractivity contribution in [2.45, 2.75) is 32.7 Å². The van der Waals surface area contributed by atoms with Gasteiger partial charge in [-0.25, -0.2) is 12.7 Å². The summed E-state index contributed by atoms with van der Waals surface area (Å²) in [6, 6.07) is 0.510. The molecule has 0 saturated carbocycles. The zero-order valence-electron chi connectivity index (χ0n) is 11.6. The van der Waals surface area contributed by atoms with Crippen LogP contribution in [0.25, 0.3) is 0 Å². The molecule has 6 heteroatoms. The fourth-order valence-corrected chi connectivity index (χ4v) is 3.88. The zero-order chi connectivity index (χ0) is 13.8. The van der Waals surface area contributed by atoms with E-state index in [1.165, 1.54) is 6.26 Å². The van der Waals surface area contributed by atoms with Gasteiger partial charge in [0.2, 0.25) is 10.0 Å². The van der Waals surface area contributed by atoms with Crippen molar-refractivity contribution in [3.05, 3.63) is 0 Å². The molecule has 18 heavy (non-hydrogen) atoms. The second kappa shape index (κ2) is 7.22. The Balaban J connectivity index is 2.56. The average molecular weight is 341 g/mol. The Kier molecular flexibility index (Phi) is 6.58. The van der Waals surface area contributed by atoms with Gasteiger partial charge in [0, 0.05) is 37.6 Å². The Labute approximate surface area is 120 Å². The molecule has 1 aliphatic rings. The van der Waals surface area contributed by atoms with E-state index in [1.54, 1.807) is 4.31 Å². The summed E-state index contributed by atoms with van der Waals surface area (Å²) in [5, 5.41) is 0.966. The molecule has 0 aromatic carbocycles. The third-order valence-electron chi connectivity index (χ3n) is 3.55. The standard InChI is InChI=1S/C12H25BrN2O2S/c1-11(2)14(8-6-13)9-12-5-4-7-15(10-12)18(3,16)17/h11-12H,4-10H2,1-3H3. The molecular formula is C12H25BrN2O2S. The second-order valence-corrected chi connectivity index (χ2v) is 8.18. The maximum atomic E-state index is 11.6. The van der Waals surface area contributed by atoms with Crippen LogP contribution >= 0.6 is 15.9 Å². The van der Waals surface area contributed by atoms with Gasteiger partial charge in [0.25, 0.3) is 0 Å². The molecule has 1 unspecified atom stereocenters. The predicted molar refractivity (Wildman–Crippen MR) is 79.6 cm³/mol. The summed E-state index contributed by atoms with van der Waals surface area (Å²) < 4.78 is 24.8. The number of piperidine rings is 1. The fraction of sp³-hybridized carbons (Fsp3) is 1.00. The molecule has 0 N–H and O–H groups in total. The quantitative estimate of drug-likeness (QED) is 0.692. The maximum absolute atomic E-state index is 11.6. The van der Waals surface area contributed by atoms with Gasteiger partial charge in [0.15, 0.2) is 0 Å². The van der Waals surface area contributed by atoms with Gasteiger partial charge in [-0.15, -0.1) is 0 Å². The topological polar surface area (TPSA) is 40.6 Å². The first-order valence-corrected chi connectivity index (χ1v) is 9.56. The van der Waals surface area contributed by atoms with Gasteiger partial charge in [-0.05, 0) is 32.6 Å². The van der Waals surface area contributed by atoms with Crippen LogP contribution in [0.2, 0.25) is 0 Å². The number of alkyl halides is 1. The molecule has 0 amide bonds. The highest BCUT2D eigenvalue weighted by molar-refractivity contribution is 9.09. The van der Waals surface area contributed by atoms with Crippen molar-refractivity contribution in [1.29, 1.82) is 0 Å². The Bertz CT molecular complexity index is 346. The normalized spacial score (nSPS) is 22.9.